The molecule has 0 amide bonds. The molecule has 90 valence electrons. The van der Waals surface area contributed by atoms with E-state index in [9.17, 15) is 0 Å². The minimum Gasteiger partial charge on any atom is -0.323 e. The van der Waals surface area contributed by atoms with E-state index in [1.807, 2.05) is 0 Å². The van der Waals surface area contributed by atoms with Crippen LogP contribution in [0.2, 0.25) is 13.1 Å². The maximum absolute atomic E-state index is 2.80. The van der Waals surface area contributed by atoms with Gasteiger partial charge in [0.25, 0.3) is 0 Å². The summed E-state index contributed by atoms with van der Waals surface area (Å²) in [5, 5.41) is 0. The zero-order valence-electron chi connectivity index (χ0n) is 10.8. The lowest BCUT2D eigenvalue weighted by molar-refractivity contribution is 0.512. The number of nitrogens with zero attached hydrogens (tertiary/aromatic N) is 1. The SMILES string of the molecule is C[Si](C)(C1C=Cc2ccccc21)N1CCCC1. The van der Waals surface area contributed by atoms with Crippen molar-refractivity contribution in [3.8, 4) is 0 Å². The topological polar surface area (TPSA) is 3.24 Å². The molecule has 1 heterocycles. The molecule has 1 unspecified atom stereocenters. The molecule has 0 bridgehead atoms. The summed E-state index contributed by atoms with van der Waals surface area (Å²) in [5.41, 5.74) is 3.70. The quantitative estimate of drug-likeness (QED) is 0.717. The first-order chi connectivity index (χ1) is 8.19. The third-order valence-corrected chi connectivity index (χ3v) is 8.58. The van der Waals surface area contributed by atoms with Gasteiger partial charge in [-0.05, 0) is 37.1 Å². The number of allylic oxidation sites excluding steroid dienone is 1. The molecule has 1 atom stereocenters. The lowest BCUT2D eigenvalue weighted by Crippen LogP contribution is -2.51. The fourth-order valence-electron chi connectivity index (χ4n) is 3.36. The van der Waals surface area contributed by atoms with E-state index in [0.717, 1.165) is 0 Å². The van der Waals surface area contributed by atoms with E-state index in [4.69, 9.17) is 0 Å². The van der Waals surface area contributed by atoms with Crippen LogP contribution in [0.4, 0.5) is 0 Å². The third-order valence-electron chi connectivity index (χ3n) is 4.48. The van der Waals surface area contributed by atoms with Gasteiger partial charge in [-0.1, -0.05) is 49.5 Å². The second kappa shape index (κ2) is 4.11. The number of hydrogen-bond acceptors (Lipinski definition) is 1. The summed E-state index contributed by atoms with van der Waals surface area (Å²) in [6.45, 7) is 7.72. The molecule has 0 N–H and O–H groups in total. The Bertz CT molecular complexity index is 444. The van der Waals surface area contributed by atoms with E-state index in [-0.39, 0.29) is 0 Å². The fourth-order valence-corrected chi connectivity index (χ4v) is 6.81. The zero-order valence-corrected chi connectivity index (χ0v) is 11.8. The van der Waals surface area contributed by atoms with Gasteiger partial charge in [0, 0.05) is 5.54 Å². The van der Waals surface area contributed by atoms with Crippen molar-refractivity contribution in [1.82, 2.24) is 4.57 Å². The molecular formula is C15H21NSi. The van der Waals surface area contributed by atoms with Crippen LogP contribution in [0.5, 0.6) is 0 Å². The van der Waals surface area contributed by atoms with Crippen LogP contribution < -0.4 is 0 Å². The summed E-state index contributed by atoms with van der Waals surface area (Å²) in [4.78, 5) is 0. The maximum atomic E-state index is 2.80. The molecule has 17 heavy (non-hydrogen) atoms. The second-order valence-corrected chi connectivity index (χ2v) is 10.4. The standard InChI is InChI=1S/C15H21NSi/c1-17(2,16-11-5-6-12-16)15-10-9-13-7-3-4-8-14(13)15/h3-4,7-10,15H,5-6,11-12H2,1-2H3. The Morgan fingerprint density at radius 3 is 2.59 bits per heavy atom. The minimum atomic E-state index is -1.34. The van der Waals surface area contributed by atoms with Gasteiger partial charge in [-0.25, -0.2) is 0 Å². The maximum Gasteiger partial charge on any atom is 0.133 e. The van der Waals surface area contributed by atoms with Crippen LogP contribution in [0.25, 0.3) is 6.08 Å². The fraction of sp³-hybridized carbons (Fsp3) is 0.467. The highest BCUT2D eigenvalue weighted by atomic mass is 28.3. The number of hydrogen-bond donors (Lipinski definition) is 0. The van der Waals surface area contributed by atoms with E-state index in [0.29, 0.717) is 5.54 Å². The van der Waals surface area contributed by atoms with Crippen LogP contribution in [-0.2, 0) is 0 Å². The molecule has 0 saturated carbocycles. The van der Waals surface area contributed by atoms with Crippen molar-refractivity contribution in [1.29, 1.82) is 0 Å². The first-order valence-electron chi connectivity index (χ1n) is 6.72. The van der Waals surface area contributed by atoms with Gasteiger partial charge in [-0.15, -0.1) is 0 Å². The molecule has 0 spiro atoms. The summed E-state index contributed by atoms with van der Waals surface area (Å²) in [5.74, 6) is 0. The summed E-state index contributed by atoms with van der Waals surface area (Å²) in [6.07, 6.45) is 7.57. The van der Waals surface area contributed by atoms with Crippen LogP contribution in [0, 0.1) is 0 Å². The molecule has 1 aliphatic heterocycles. The van der Waals surface area contributed by atoms with Crippen molar-refractivity contribution >= 4 is 14.3 Å². The lowest BCUT2D eigenvalue weighted by Gasteiger charge is -2.38. The molecule has 2 aliphatic rings. The van der Waals surface area contributed by atoms with E-state index >= 15 is 0 Å². The number of fused-ring (bicyclic) bond motifs is 1. The molecule has 0 aromatic heterocycles. The average Bonchev–Trinajstić information content (AvgIpc) is 2.99. The summed E-state index contributed by atoms with van der Waals surface area (Å²) < 4.78 is 2.80. The van der Waals surface area contributed by atoms with E-state index in [1.165, 1.54) is 31.5 Å². The van der Waals surface area contributed by atoms with Crippen molar-refractivity contribution < 1.29 is 0 Å². The van der Waals surface area contributed by atoms with Crippen LogP contribution in [0.1, 0.15) is 29.5 Å². The molecule has 1 saturated heterocycles. The summed E-state index contributed by atoms with van der Waals surface area (Å²) in [7, 11) is -1.34. The molecule has 1 aromatic carbocycles. The van der Waals surface area contributed by atoms with Gasteiger partial charge in [-0.3, -0.25) is 0 Å². The van der Waals surface area contributed by atoms with E-state index in [2.05, 4.69) is 54.1 Å². The predicted octanol–water partition coefficient (Wildman–Crippen LogP) is 3.64. The molecular weight excluding hydrogens is 222 g/mol. The largest absolute Gasteiger partial charge is 0.323 e. The Hall–Kier alpha value is -0.863. The molecule has 1 nitrogen and oxygen atoms in total. The highest BCUT2D eigenvalue weighted by Crippen LogP contribution is 2.39. The third kappa shape index (κ3) is 1.80. The van der Waals surface area contributed by atoms with Crippen molar-refractivity contribution in [3.63, 3.8) is 0 Å². The Kier molecular flexibility index (Phi) is 2.72. The molecule has 3 rings (SSSR count). The Balaban J connectivity index is 1.93. The molecule has 2 heteroatoms. The van der Waals surface area contributed by atoms with E-state index < -0.39 is 8.24 Å². The van der Waals surface area contributed by atoms with Gasteiger partial charge in [-0.2, -0.15) is 0 Å². The summed E-state index contributed by atoms with van der Waals surface area (Å²) >= 11 is 0. The van der Waals surface area contributed by atoms with Crippen LogP contribution in [0.3, 0.4) is 0 Å². The van der Waals surface area contributed by atoms with Crippen molar-refractivity contribution in [2.24, 2.45) is 0 Å². The number of rotatable bonds is 2. The lowest BCUT2D eigenvalue weighted by atomic mass is 10.1. The van der Waals surface area contributed by atoms with E-state index in [1.54, 1.807) is 5.56 Å². The average molecular weight is 243 g/mol. The predicted molar refractivity (Wildman–Crippen MR) is 76.5 cm³/mol. The Labute approximate surface area is 105 Å². The second-order valence-electron chi connectivity index (χ2n) is 5.81. The van der Waals surface area contributed by atoms with Gasteiger partial charge in [0.15, 0.2) is 0 Å². The van der Waals surface area contributed by atoms with Gasteiger partial charge in [0.1, 0.15) is 8.24 Å². The van der Waals surface area contributed by atoms with Gasteiger partial charge >= 0.3 is 0 Å². The first kappa shape index (κ1) is 11.2. The number of benzene rings is 1. The van der Waals surface area contributed by atoms with Crippen molar-refractivity contribution in [3.05, 3.63) is 41.5 Å². The monoisotopic (exact) mass is 243 g/mol. The smallest absolute Gasteiger partial charge is 0.133 e. The highest BCUT2D eigenvalue weighted by molar-refractivity contribution is 6.76. The summed E-state index contributed by atoms with van der Waals surface area (Å²) in [6, 6.07) is 8.91. The minimum absolute atomic E-state index is 0.691. The molecule has 1 fully saturated rings. The molecule has 0 radical (unpaired) electrons. The van der Waals surface area contributed by atoms with Gasteiger partial charge < -0.3 is 4.57 Å². The van der Waals surface area contributed by atoms with Crippen LogP contribution in [-0.4, -0.2) is 25.9 Å². The Morgan fingerprint density at radius 2 is 1.82 bits per heavy atom. The van der Waals surface area contributed by atoms with Gasteiger partial charge in [0.05, 0.1) is 0 Å². The van der Waals surface area contributed by atoms with Crippen LogP contribution >= 0.6 is 0 Å². The zero-order chi connectivity index (χ0) is 11.9. The van der Waals surface area contributed by atoms with Crippen molar-refractivity contribution in [2.45, 2.75) is 31.5 Å². The molecule has 1 aromatic rings. The van der Waals surface area contributed by atoms with Crippen LogP contribution in [0.15, 0.2) is 30.3 Å². The Morgan fingerprint density at radius 1 is 1.12 bits per heavy atom. The van der Waals surface area contributed by atoms with Crippen molar-refractivity contribution in [2.75, 3.05) is 13.1 Å². The normalized spacial score (nSPS) is 24.2. The first-order valence-corrected chi connectivity index (χ1v) is 9.74. The molecule has 1 aliphatic carbocycles. The highest BCUT2D eigenvalue weighted by Gasteiger charge is 2.40. The van der Waals surface area contributed by atoms with Gasteiger partial charge in [0.2, 0.25) is 0 Å².